The van der Waals surface area contributed by atoms with Crippen molar-refractivity contribution in [3.63, 3.8) is 0 Å². The van der Waals surface area contributed by atoms with Gasteiger partial charge >= 0.3 is 0 Å². The molecule has 1 aliphatic heterocycles. The van der Waals surface area contributed by atoms with Crippen molar-refractivity contribution in [1.29, 1.82) is 0 Å². The predicted molar refractivity (Wildman–Crippen MR) is 58.2 cm³/mol. The third kappa shape index (κ3) is 2.10. The van der Waals surface area contributed by atoms with E-state index in [9.17, 15) is 4.39 Å². The van der Waals surface area contributed by atoms with Crippen LogP contribution < -0.4 is 0 Å². The fourth-order valence-electron chi connectivity index (χ4n) is 2.67. The Hall–Kier alpha value is 0.280. The summed E-state index contributed by atoms with van der Waals surface area (Å²) in [6.07, 6.45) is 3.80. The zero-order valence-electron chi connectivity index (χ0n) is 8.71. The third-order valence-electron chi connectivity index (χ3n) is 3.40. The molecule has 4 heteroatoms. The van der Waals surface area contributed by atoms with Gasteiger partial charge in [-0.25, -0.2) is 4.39 Å². The second-order valence-electron chi connectivity index (χ2n) is 4.59. The van der Waals surface area contributed by atoms with Gasteiger partial charge in [0.15, 0.2) is 0 Å². The van der Waals surface area contributed by atoms with E-state index in [4.69, 9.17) is 4.74 Å². The first-order chi connectivity index (χ1) is 6.62. The highest BCUT2D eigenvalue weighted by Crippen LogP contribution is 2.45. The van der Waals surface area contributed by atoms with Gasteiger partial charge in [-0.3, -0.25) is 4.90 Å². The van der Waals surface area contributed by atoms with Crippen molar-refractivity contribution in [3.8, 4) is 0 Å². The van der Waals surface area contributed by atoms with Crippen LogP contribution in [0, 0.1) is 0 Å². The maximum absolute atomic E-state index is 13.3. The van der Waals surface area contributed by atoms with E-state index in [1.54, 1.807) is 7.11 Å². The van der Waals surface area contributed by atoms with Crippen LogP contribution in [0.1, 0.15) is 25.7 Å². The van der Waals surface area contributed by atoms with E-state index >= 15 is 0 Å². The van der Waals surface area contributed by atoms with Gasteiger partial charge in [0.1, 0.15) is 5.41 Å². The maximum atomic E-state index is 13.3. The molecule has 0 spiro atoms. The highest BCUT2D eigenvalue weighted by atomic mass is 31.0. The van der Waals surface area contributed by atoms with Crippen molar-refractivity contribution in [1.82, 2.24) is 4.90 Å². The number of hydrogen-bond donors (Lipinski definition) is 0. The molecule has 0 radical (unpaired) electrons. The number of hydrogen-bond acceptors (Lipinski definition) is 2. The van der Waals surface area contributed by atoms with Gasteiger partial charge in [0.25, 0.3) is 0 Å². The molecule has 2 atom stereocenters. The molecule has 0 aromatic rings. The summed E-state index contributed by atoms with van der Waals surface area (Å²) in [7, 11) is 4.07. The monoisotopic (exact) mass is 219 g/mol. The van der Waals surface area contributed by atoms with Gasteiger partial charge in [0, 0.05) is 32.0 Å². The number of nitrogens with zero attached hydrogens (tertiary/aromatic N) is 1. The normalized spacial score (nSPS) is 43.9. The number of alkyl halides is 1. The number of rotatable bonds is 3. The summed E-state index contributed by atoms with van der Waals surface area (Å²) in [5, 5.41) is -0.981. The Bertz CT molecular complexity index is 204. The van der Waals surface area contributed by atoms with E-state index in [-0.39, 0.29) is 0 Å². The first kappa shape index (κ1) is 10.8. The molecular weight excluding hydrogens is 200 g/mol. The van der Waals surface area contributed by atoms with Crippen LogP contribution in [0.25, 0.3) is 0 Å². The van der Waals surface area contributed by atoms with Crippen LogP contribution in [0.4, 0.5) is 4.39 Å². The van der Waals surface area contributed by atoms with Crippen LogP contribution >= 0.6 is 9.24 Å². The maximum Gasteiger partial charge on any atom is 0.126 e. The van der Waals surface area contributed by atoms with Crippen LogP contribution in [-0.4, -0.2) is 42.7 Å². The number of methoxy groups -OCH3 is 1. The van der Waals surface area contributed by atoms with Crippen molar-refractivity contribution < 1.29 is 9.13 Å². The van der Waals surface area contributed by atoms with Crippen LogP contribution in [-0.2, 0) is 4.74 Å². The van der Waals surface area contributed by atoms with E-state index in [0.29, 0.717) is 24.9 Å². The van der Waals surface area contributed by atoms with Crippen molar-refractivity contribution in [2.45, 2.75) is 43.2 Å². The molecule has 2 aliphatic rings. The number of halogens is 1. The Balaban J connectivity index is 1.85. The van der Waals surface area contributed by atoms with E-state index in [0.717, 1.165) is 13.2 Å². The molecule has 0 amide bonds. The summed E-state index contributed by atoms with van der Waals surface area (Å²) >= 11 is 0. The van der Waals surface area contributed by atoms with Gasteiger partial charge in [0.2, 0.25) is 0 Å². The second-order valence-corrected chi connectivity index (χ2v) is 5.62. The van der Waals surface area contributed by atoms with Gasteiger partial charge in [-0.1, -0.05) is 9.24 Å². The lowest BCUT2D eigenvalue weighted by Gasteiger charge is -2.45. The minimum atomic E-state index is -0.981. The summed E-state index contributed by atoms with van der Waals surface area (Å²) in [5.41, 5.74) is 0. The summed E-state index contributed by atoms with van der Waals surface area (Å²) in [6.45, 7) is 1.92. The minimum absolute atomic E-state index is 0.458. The SMILES string of the molecule is COCC1CCCN1C1CC(F)(P)C1. The van der Waals surface area contributed by atoms with E-state index < -0.39 is 5.41 Å². The number of ether oxygens (including phenoxy) is 1. The van der Waals surface area contributed by atoms with Crippen molar-refractivity contribution in [2.75, 3.05) is 20.3 Å². The molecule has 2 nitrogen and oxygen atoms in total. The molecule has 0 bridgehead atoms. The lowest BCUT2D eigenvalue weighted by Crippen LogP contribution is -2.52. The summed E-state index contributed by atoms with van der Waals surface area (Å²) in [6, 6.07) is 0.992. The quantitative estimate of drug-likeness (QED) is 0.671. The first-order valence-electron chi connectivity index (χ1n) is 5.35. The Morgan fingerprint density at radius 1 is 1.57 bits per heavy atom. The van der Waals surface area contributed by atoms with Crippen molar-refractivity contribution >= 4 is 9.24 Å². The fraction of sp³-hybridized carbons (Fsp3) is 1.00. The smallest absolute Gasteiger partial charge is 0.126 e. The molecule has 14 heavy (non-hydrogen) atoms. The molecule has 2 fully saturated rings. The van der Waals surface area contributed by atoms with E-state index in [1.807, 2.05) is 0 Å². The molecule has 1 aliphatic carbocycles. The molecule has 2 unspecified atom stereocenters. The van der Waals surface area contributed by atoms with Gasteiger partial charge in [0.05, 0.1) is 6.61 Å². The average Bonchev–Trinajstić information content (AvgIpc) is 2.48. The lowest BCUT2D eigenvalue weighted by atomic mass is 9.88. The van der Waals surface area contributed by atoms with E-state index in [1.165, 1.54) is 12.8 Å². The molecule has 1 saturated heterocycles. The summed E-state index contributed by atoms with van der Waals surface area (Å²) < 4.78 is 18.5. The molecule has 0 aromatic carbocycles. The highest BCUT2D eigenvalue weighted by molar-refractivity contribution is 7.18. The fourth-order valence-corrected chi connectivity index (χ4v) is 3.21. The zero-order valence-corrected chi connectivity index (χ0v) is 9.86. The van der Waals surface area contributed by atoms with Gasteiger partial charge in [-0.05, 0) is 19.4 Å². The van der Waals surface area contributed by atoms with Gasteiger partial charge in [-0.2, -0.15) is 0 Å². The van der Waals surface area contributed by atoms with Crippen LogP contribution in [0.3, 0.4) is 0 Å². The molecule has 1 saturated carbocycles. The average molecular weight is 219 g/mol. The first-order valence-corrected chi connectivity index (χ1v) is 5.92. The number of likely N-dealkylation sites (tertiary alicyclic amines) is 1. The minimum Gasteiger partial charge on any atom is -0.383 e. The molecule has 2 rings (SSSR count). The second kappa shape index (κ2) is 4.03. The molecule has 82 valence electrons. The van der Waals surface area contributed by atoms with Crippen molar-refractivity contribution in [3.05, 3.63) is 0 Å². The van der Waals surface area contributed by atoms with Crippen LogP contribution in [0.2, 0.25) is 0 Å². The predicted octanol–water partition coefficient (Wildman–Crippen LogP) is 1.80. The third-order valence-corrected chi connectivity index (χ3v) is 3.87. The Morgan fingerprint density at radius 2 is 2.29 bits per heavy atom. The standard InChI is InChI=1S/C10H19FNOP/c1-13-7-8-3-2-4-12(8)9-5-10(11,14)6-9/h8-9H,2-7,14H2,1H3. The summed E-state index contributed by atoms with van der Waals surface area (Å²) in [5.74, 6) is 0. The van der Waals surface area contributed by atoms with Crippen LogP contribution in [0.5, 0.6) is 0 Å². The van der Waals surface area contributed by atoms with Gasteiger partial charge < -0.3 is 4.74 Å². The Kier molecular flexibility index (Phi) is 3.11. The largest absolute Gasteiger partial charge is 0.383 e. The molecular formula is C10H19FNOP. The van der Waals surface area contributed by atoms with Gasteiger partial charge in [-0.15, -0.1) is 0 Å². The Morgan fingerprint density at radius 3 is 2.86 bits per heavy atom. The Labute approximate surface area is 87.4 Å². The van der Waals surface area contributed by atoms with E-state index in [2.05, 4.69) is 14.1 Å². The lowest BCUT2D eigenvalue weighted by molar-refractivity contribution is 0.00490. The molecule has 0 N–H and O–H groups in total. The zero-order chi connectivity index (χ0) is 10.2. The highest BCUT2D eigenvalue weighted by Gasteiger charge is 2.46. The molecule has 1 heterocycles. The van der Waals surface area contributed by atoms with Crippen LogP contribution in [0.15, 0.2) is 0 Å². The topological polar surface area (TPSA) is 12.5 Å². The molecule has 0 aromatic heterocycles. The van der Waals surface area contributed by atoms with Crippen molar-refractivity contribution in [2.24, 2.45) is 0 Å². The summed E-state index contributed by atoms with van der Waals surface area (Å²) in [4.78, 5) is 2.44.